The van der Waals surface area contributed by atoms with Gasteiger partial charge in [-0.3, -0.25) is 0 Å². The summed E-state index contributed by atoms with van der Waals surface area (Å²) >= 11 is 3.53. The standard InChI is InChI=1S/C18H24BrNO/c1-3-4-14-7-9-18(13-20,10-8-14)12-15-5-6-17(21-2)16(19)11-15/h5-6,11,14H,3-4,7-10,12H2,1-2H3. The number of nitriles is 1. The van der Waals surface area contributed by atoms with Crippen molar-refractivity contribution in [2.45, 2.75) is 51.9 Å². The number of ether oxygens (including phenoxy) is 1. The van der Waals surface area contributed by atoms with Crippen molar-refractivity contribution in [3.8, 4) is 11.8 Å². The fourth-order valence-electron chi connectivity index (χ4n) is 3.47. The van der Waals surface area contributed by atoms with E-state index in [0.29, 0.717) is 0 Å². The zero-order valence-corrected chi connectivity index (χ0v) is 14.6. The van der Waals surface area contributed by atoms with Gasteiger partial charge in [-0.1, -0.05) is 25.8 Å². The molecule has 0 bridgehead atoms. The molecule has 1 aromatic rings. The topological polar surface area (TPSA) is 33.0 Å². The summed E-state index contributed by atoms with van der Waals surface area (Å²) in [4.78, 5) is 0. The minimum atomic E-state index is -0.168. The Labute approximate surface area is 136 Å². The lowest BCUT2D eigenvalue weighted by Gasteiger charge is -2.35. The summed E-state index contributed by atoms with van der Waals surface area (Å²) in [6.07, 6.45) is 7.92. The molecular weight excluding hydrogens is 326 g/mol. The summed E-state index contributed by atoms with van der Waals surface area (Å²) in [5.41, 5.74) is 1.05. The van der Waals surface area contributed by atoms with Gasteiger partial charge in [0.1, 0.15) is 5.75 Å². The molecule has 2 rings (SSSR count). The monoisotopic (exact) mass is 349 g/mol. The SMILES string of the molecule is CCCC1CCC(C#N)(Cc2ccc(OC)c(Br)c2)CC1. The van der Waals surface area contributed by atoms with Crippen LogP contribution in [0.1, 0.15) is 51.0 Å². The molecule has 0 saturated heterocycles. The Kier molecular flexibility index (Phi) is 5.70. The summed E-state index contributed by atoms with van der Waals surface area (Å²) < 4.78 is 6.24. The Balaban J connectivity index is 2.06. The lowest BCUT2D eigenvalue weighted by atomic mass is 9.67. The zero-order chi connectivity index (χ0) is 15.3. The van der Waals surface area contributed by atoms with Crippen molar-refractivity contribution in [1.82, 2.24) is 0 Å². The van der Waals surface area contributed by atoms with Crippen LogP contribution in [0.25, 0.3) is 0 Å². The number of nitrogens with zero attached hydrogens (tertiary/aromatic N) is 1. The van der Waals surface area contributed by atoms with Crippen LogP contribution in [0.5, 0.6) is 5.75 Å². The van der Waals surface area contributed by atoms with Crippen LogP contribution in [-0.4, -0.2) is 7.11 Å². The van der Waals surface area contributed by atoms with Crippen molar-refractivity contribution >= 4 is 15.9 Å². The van der Waals surface area contributed by atoms with Crippen molar-refractivity contribution in [3.63, 3.8) is 0 Å². The van der Waals surface area contributed by atoms with E-state index >= 15 is 0 Å². The summed E-state index contributed by atoms with van der Waals surface area (Å²) in [5, 5.41) is 9.70. The number of rotatable bonds is 5. The Bertz CT molecular complexity index is 512. The predicted octanol–water partition coefficient (Wildman–Crippen LogP) is 5.50. The van der Waals surface area contributed by atoms with E-state index < -0.39 is 0 Å². The lowest BCUT2D eigenvalue weighted by molar-refractivity contribution is 0.200. The maximum atomic E-state index is 9.70. The molecule has 1 aliphatic rings. The predicted molar refractivity (Wildman–Crippen MR) is 89.3 cm³/mol. The number of methoxy groups -OCH3 is 1. The first kappa shape index (κ1) is 16.4. The number of benzene rings is 1. The molecular formula is C18H24BrNO. The first-order valence-corrected chi connectivity index (χ1v) is 8.65. The van der Waals surface area contributed by atoms with Crippen molar-refractivity contribution in [1.29, 1.82) is 5.26 Å². The molecule has 2 nitrogen and oxygen atoms in total. The molecule has 21 heavy (non-hydrogen) atoms. The van der Waals surface area contributed by atoms with Crippen LogP contribution in [0.3, 0.4) is 0 Å². The molecule has 1 aliphatic carbocycles. The van der Waals surface area contributed by atoms with Crippen molar-refractivity contribution < 1.29 is 4.74 Å². The largest absolute Gasteiger partial charge is 0.496 e. The number of hydrogen-bond acceptors (Lipinski definition) is 2. The number of hydrogen-bond donors (Lipinski definition) is 0. The highest BCUT2D eigenvalue weighted by molar-refractivity contribution is 9.10. The molecule has 1 fully saturated rings. The first-order valence-electron chi connectivity index (χ1n) is 7.86. The molecule has 114 valence electrons. The fraction of sp³-hybridized carbons (Fsp3) is 0.611. The average molecular weight is 350 g/mol. The zero-order valence-electron chi connectivity index (χ0n) is 13.0. The van der Waals surface area contributed by atoms with Crippen LogP contribution < -0.4 is 4.74 Å². The highest BCUT2D eigenvalue weighted by atomic mass is 79.9. The van der Waals surface area contributed by atoms with E-state index in [9.17, 15) is 5.26 Å². The second-order valence-corrected chi connectivity index (χ2v) is 7.12. The van der Waals surface area contributed by atoms with E-state index in [4.69, 9.17) is 4.74 Å². The summed E-state index contributed by atoms with van der Waals surface area (Å²) in [6.45, 7) is 2.25. The number of halogens is 1. The second kappa shape index (κ2) is 7.31. The highest BCUT2D eigenvalue weighted by Gasteiger charge is 2.35. The van der Waals surface area contributed by atoms with Gasteiger partial charge in [0.05, 0.1) is 23.1 Å². The lowest BCUT2D eigenvalue weighted by Crippen LogP contribution is -2.28. The van der Waals surface area contributed by atoms with Gasteiger partial charge in [-0.15, -0.1) is 0 Å². The molecule has 0 heterocycles. The molecule has 0 spiro atoms. The Morgan fingerprint density at radius 2 is 2.10 bits per heavy atom. The van der Waals surface area contributed by atoms with Gasteiger partial charge in [0.15, 0.2) is 0 Å². The molecule has 1 saturated carbocycles. The van der Waals surface area contributed by atoms with E-state index in [-0.39, 0.29) is 5.41 Å². The van der Waals surface area contributed by atoms with Gasteiger partial charge in [-0.2, -0.15) is 5.26 Å². The summed E-state index contributed by atoms with van der Waals surface area (Å²) in [7, 11) is 1.67. The maximum absolute atomic E-state index is 9.70. The molecule has 0 amide bonds. The third kappa shape index (κ3) is 4.01. The third-order valence-electron chi connectivity index (χ3n) is 4.76. The fourth-order valence-corrected chi connectivity index (χ4v) is 4.05. The molecule has 3 heteroatoms. The van der Waals surface area contributed by atoms with E-state index in [0.717, 1.165) is 35.4 Å². The van der Waals surface area contributed by atoms with Crippen LogP contribution in [0.15, 0.2) is 22.7 Å². The van der Waals surface area contributed by atoms with E-state index in [1.165, 1.54) is 31.2 Å². The van der Waals surface area contributed by atoms with Crippen LogP contribution >= 0.6 is 15.9 Å². The molecule has 0 aliphatic heterocycles. The van der Waals surface area contributed by atoms with Crippen LogP contribution in [0.4, 0.5) is 0 Å². The molecule has 0 unspecified atom stereocenters. The van der Waals surface area contributed by atoms with Crippen LogP contribution in [-0.2, 0) is 6.42 Å². The first-order chi connectivity index (χ1) is 10.1. The second-order valence-electron chi connectivity index (χ2n) is 6.27. The van der Waals surface area contributed by atoms with Gasteiger partial charge >= 0.3 is 0 Å². The van der Waals surface area contributed by atoms with Crippen molar-refractivity contribution in [2.24, 2.45) is 11.3 Å². The van der Waals surface area contributed by atoms with E-state index in [1.807, 2.05) is 6.07 Å². The van der Waals surface area contributed by atoms with Gasteiger partial charge in [0.2, 0.25) is 0 Å². The minimum Gasteiger partial charge on any atom is -0.496 e. The van der Waals surface area contributed by atoms with E-state index in [1.54, 1.807) is 7.11 Å². The van der Waals surface area contributed by atoms with Crippen molar-refractivity contribution in [2.75, 3.05) is 7.11 Å². The van der Waals surface area contributed by atoms with Gasteiger partial charge in [0.25, 0.3) is 0 Å². The Morgan fingerprint density at radius 1 is 1.38 bits per heavy atom. The summed E-state index contributed by atoms with van der Waals surface area (Å²) in [5.74, 6) is 1.68. The van der Waals surface area contributed by atoms with Crippen LogP contribution in [0.2, 0.25) is 0 Å². The maximum Gasteiger partial charge on any atom is 0.133 e. The quantitative estimate of drug-likeness (QED) is 0.702. The Hall–Kier alpha value is -1.01. The van der Waals surface area contributed by atoms with Gasteiger partial charge in [-0.05, 0) is 71.6 Å². The molecule has 0 radical (unpaired) electrons. The van der Waals surface area contributed by atoms with Gasteiger partial charge < -0.3 is 4.74 Å². The van der Waals surface area contributed by atoms with Gasteiger partial charge in [-0.25, -0.2) is 0 Å². The normalized spacial score (nSPS) is 25.3. The van der Waals surface area contributed by atoms with Crippen LogP contribution in [0, 0.1) is 22.7 Å². The van der Waals surface area contributed by atoms with Gasteiger partial charge in [0, 0.05) is 0 Å². The van der Waals surface area contributed by atoms with E-state index in [2.05, 4.69) is 41.1 Å². The smallest absolute Gasteiger partial charge is 0.133 e. The average Bonchev–Trinajstić information content (AvgIpc) is 2.50. The van der Waals surface area contributed by atoms with Crippen molar-refractivity contribution in [3.05, 3.63) is 28.2 Å². The molecule has 1 aromatic carbocycles. The molecule has 0 atom stereocenters. The summed E-state index contributed by atoms with van der Waals surface area (Å²) in [6, 6.07) is 8.79. The molecule has 0 aromatic heterocycles. The third-order valence-corrected chi connectivity index (χ3v) is 5.37. The molecule has 0 N–H and O–H groups in total. The highest BCUT2D eigenvalue weighted by Crippen LogP contribution is 2.43. The minimum absolute atomic E-state index is 0.168. The Morgan fingerprint density at radius 3 is 2.62 bits per heavy atom.